The van der Waals surface area contributed by atoms with E-state index in [1.807, 2.05) is 43.3 Å². The number of H-pyrrole nitrogens is 1. The van der Waals surface area contributed by atoms with Crippen LogP contribution in [0.5, 0.6) is 5.75 Å². The lowest BCUT2D eigenvalue weighted by Gasteiger charge is -2.32. The maximum atomic E-state index is 13.0. The molecule has 0 bridgehead atoms. The summed E-state index contributed by atoms with van der Waals surface area (Å²) in [6.45, 7) is 4.57. The van der Waals surface area contributed by atoms with Crippen LogP contribution in [0.1, 0.15) is 42.4 Å². The zero-order chi connectivity index (χ0) is 22.0. The molecule has 4 rings (SSSR count). The molecule has 31 heavy (non-hydrogen) atoms. The number of thiocarbonyl (C=S) groups is 1. The largest absolute Gasteiger partial charge is 0.495 e. The fraction of sp³-hybridized carbons (Fsp3) is 0.360. The van der Waals surface area contributed by atoms with Crippen LogP contribution in [0.25, 0.3) is 10.9 Å². The Kier molecular flexibility index (Phi) is 6.28. The number of nitrogens with zero attached hydrogens (tertiary/aromatic N) is 1. The van der Waals surface area contributed by atoms with Gasteiger partial charge in [-0.1, -0.05) is 37.1 Å². The monoisotopic (exact) mass is 435 g/mol. The van der Waals surface area contributed by atoms with E-state index in [0.717, 1.165) is 51.9 Å². The topological polar surface area (TPSA) is 57.4 Å². The summed E-state index contributed by atoms with van der Waals surface area (Å²) in [5.74, 6) is 0.742. The van der Waals surface area contributed by atoms with Gasteiger partial charge in [-0.3, -0.25) is 4.79 Å². The minimum absolute atomic E-state index is 0.0516. The molecular formula is C25H29N3O2S. The van der Waals surface area contributed by atoms with Gasteiger partial charge in [0.05, 0.1) is 24.9 Å². The number of aryl methyl sites for hydroxylation is 2. The van der Waals surface area contributed by atoms with Crippen LogP contribution in [0.2, 0.25) is 0 Å². The van der Waals surface area contributed by atoms with E-state index in [0.29, 0.717) is 17.7 Å². The van der Waals surface area contributed by atoms with Crippen molar-refractivity contribution in [2.24, 2.45) is 0 Å². The van der Waals surface area contributed by atoms with Gasteiger partial charge in [0, 0.05) is 17.0 Å². The van der Waals surface area contributed by atoms with Crippen LogP contribution < -0.4 is 15.6 Å². The molecule has 2 aromatic carbocycles. The molecule has 0 radical (unpaired) electrons. The van der Waals surface area contributed by atoms with Gasteiger partial charge < -0.3 is 19.9 Å². The number of nitrogens with one attached hydrogen (secondary N) is 2. The number of pyridine rings is 1. The van der Waals surface area contributed by atoms with Crippen molar-refractivity contribution in [2.45, 2.75) is 52.1 Å². The average molecular weight is 436 g/mol. The van der Waals surface area contributed by atoms with E-state index >= 15 is 0 Å². The fourth-order valence-electron chi connectivity index (χ4n) is 4.44. The highest BCUT2D eigenvalue weighted by Gasteiger charge is 2.26. The fourth-order valence-corrected chi connectivity index (χ4v) is 4.76. The summed E-state index contributed by atoms with van der Waals surface area (Å²) in [5.41, 5.74) is 4.65. The van der Waals surface area contributed by atoms with Crippen LogP contribution >= 0.6 is 12.2 Å². The van der Waals surface area contributed by atoms with Gasteiger partial charge in [0.15, 0.2) is 5.11 Å². The molecule has 0 saturated heterocycles. The van der Waals surface area contributed by atoms with Crippen molar-refractivity contribution in [2.75, 3.05) is 12.4 Å². The first-order valence-corrected chi connectivity index (χ1v) is 11.2. The van der Waals surface area contributed by atoms with E-state index in [1.165, 1.54) is 12.8 Å². The van der Waals surface area contributed by atoms with E-state index in [2.05, 4.69) is 28.2 Å². The lowest BCUT2D eigenvalue weighted by Crippen LogP contribution is -2.42. The standard InChI is InChI=1S/C25H29N3O2S/c1-16-12-13-17(2)23-20(16)14-18(24(29)27-23)15-28(19-8-4-5-9-19)25(31)26-21-10-6-7-11-22(21)30-3/h6-7,10-14,19H,4-5,8-9,15H2,1-3H3,(H,26,31)(H,27,29). The third kappa shape index (κ3) is 4.44. The zero-order valence-corrected chi connectivity index (χ0v) is 19.1. The number of ether oxygens (including phenoxy) is 1. The highest BCUT2D eigenvalue weighted by atomic mass is 32.1. The highest BCUT2D eigenvalue weighted by molar-refractivity contribution is 7.80. The molecule has 1 fully saturated rings. The molecule has 5 nitrogen and oxygen atoms in total. The maximum absolute atomic E-state index is 13.0. The smallest absolute Gasteiger partial charge is 0.253 e. The Labute approximate surface area is 188 Å². The number of hydrogen-bond acceptors (Lipinski definition) is 3. The number of anilines is 1. The molecule has 0 amide bonds. The molecule has 0 unspecified atom stereocenters. The highest BCUT2D eigenvalue weighted by Crippen LogP contribution is 2.28. The Bertz CT molecular complexity index is 1170. The van der Waals surface area contributed by atoms with Crippen molar-refractivity contribution in [3.05, 3.63) is 69.5 Å². The molecule has 2 N–H and O–H groups in total. The van der Waals surface area contributed by atoms with Crippen LogP contribution in [0.4, 0.5) is 5.69 Å². The Balaban J connectivity index is 1.67. The first-order chi connectivity index (χ1) is 15.0. The van der Waals surface area contributed by atoms with Gasteiger partial charge in [0.25, 0.3) is 5.56 Å². The molecule has 1 aliphatic carbocycles. The summed E-state index contributed by atoms with van der Waals surface area (Å²) in [5, 5.41) is 5.07. The summed E-state index contributed by atoms with van der Waals surface area (Å²) in [4.78, 5) is 18.2. The van der Waals surface area contributed by atoms with E-state index in [9.17, 15) is 4.79 Å². The lowest BCUT2D eigenvalue weighted by atomic mass is 10.0. The number of fused-ring (bicyclic) bond motifs is 1. The zero-order valence-electron chi connectivity index (χ0n) is 18.3. The summed E-state index contributed by atoms with van der Waals surface area (Å²) in [7, 11) is 1.65. The molecule has 1 aromatic heterocycles. The third-order valence-electron chi connectivity index (χ3n) is 6.24. The number of aromatic nitrogens is 1. The number of rotatable bonds is 5. The summed E-state index contributed by atoms with van der Waals surface area (Å²) in [6.07, 6.45) is 4.53. The quantitative estimate of drug-likeness (QED) is 0.533. The van der Waals surface area contributed by atoms with Crippen LogP contribution in [-0.4, -0.2) is 28.1 Å². The van der Waals surface area contributed by atoms with Crippen molar-refractivity contribution in [1.29, 1.82) is 0 Å². The van der Waals surface area contributed by atoms with Crippen molar-refractivity contribution >= 4 is 33.9 Å². The van der Waals surface area contributed by atoms with Gasteiger partial charge >= 0.3 is 0 Å². The van der Waals surface area contributed by atoms with E-state index in [1.54, 1.807) is 7.11 Å². The first-order valence-electron chi connectivity index (χ1n) is 10.8. The molecule has 0 spiro atoms. The predicted molar refractivity (Wildman–Crippen MR) is 131 cm³/mol. The van der Waals surface area contributed by atoms with Crippen molar-refractivity contribution in [1.82, 2.24) is 9.88 Å². The molecule has 0 atom stereocenters. The molecular weight excluding hydrogens is 406 g/mol. The SMILES string of the molecule is COc1ccccc1NC(=S)N(Cc1cc2c(C)ccc(C)c2[nH]c1=O)C1CCCC1. The number of benzene rings is 2. The van der Waals surface area contributed by atoms with Crippen LogP contribution in [0.15, 0.2) is 47.3 Å². The number of methoxy groups -OCH3 is 1. The molecule has 3 aromatic rings. The molecule has 6 heteroatoms. The van der Waals surface area contributed by atoms with Gasteiger partial charge in [-0.15, -0.1) is 0 Å². The Morgan fingerprint density at radius 3 is 2.61 bits per heavy atom. The van der Waals surface area contributed by atoms with Gasteiger partial charge in [-0.25, -0.2) is 0 Å². The van der Waals surface area contributed by atoms with Crippen molar-refractivity contribution in [3.63, 3.8) is 0 Å². The maximum Gasteiger partial charge on any atom is 0.253 e. The van der Waals surface area contributed by atoms with Crippen molar-refractivity contribution < 1.29 is 4.74 Å². The summed E-state index contributed by atoms with van der Waals surface area (Å²) in [6, 6.07) is 14.2. The first kappa shape index (κ1) is 21.4. The lowest BCUT2D eigenvalue weighted by molar-refractivity contribution is 0.311. The van der Waals surface area contributed by atoms with Crippen molar-refractivity contribution in [3.8, 4) is 5.75 Å². The summed E-state index contributed by atoms with van der Waals surface area (Å²) < 4.78 is 5.47. The van der Waals surface area contributed by atoms with Gasteiger partial charge in [0.2, 0.25) is 0 Å². The Hall–Kier alpha value is -2.86. The second kappa shape index (κ2) is 9.10. The normalized spacial score (nSPS) is 14.0. The van der Waals surface area contributed by atoms with E-state index in [4.69, 9.17) is 17.0 Å². The average Bonchev–Trinajstić information content (AvgIpc) is 3.30. The Morgan fingerprint density at radius 1 is 1.16 bits per heavy atom. The third-order valence-corrected chi connectivity index (χ3v) is 6.57. The van der Waals surface area contributed by atoms with Crippen LogP contribution in [-0.2, 0) is 6.54 Å². The van der Waals surface area contributed by atoms with Gasteiger partial charge in [-0.05, 0) is 68.2 Å². The van der Waals surface area contributed by atoms with E-state index < -0.39 is 0 Å². The predicted octanol–water partition coefficient (Wildman–Crippen LogP) is 5.30. The Morgan fingerprint density at radius 2 is 1.87 bits per heavy atom. The second-order valence-corrected chi connectivity index (χ2v) is 8.70. The molecule has 1 aliphatic rings. The number of hydrogen-bond donors (Lipinski definition) is 2. The minimum atomic E-state index is -0.0516. The molecule has 1 saturated carbocycles. The molecule has 1 heterocycles. The number of para-hydroxylation sites is 2. The van der Waals surface area contributed by atoms with Gasteiger partial charge in [0.1, 0.15) is 5.75 Å². The minimum Gasteiger partial charge on any atom is -0.495 e. The molecule has 0 aliphatic heterocycles. The van der Waals surface area contributed by atoms with E-state index in [-0.39, 0.29) is 5.56 Å². The van der Waals surface area contributed by atoms with Crippen LogP contribution in [0.3, 0.4) is 0 Å². The second-order valence-electron chi connectivity index (χ2n) is 8.31. The summed E-state index contributed by atoms with van der Waals surface area (Å²) >= 11 is 5.83. The molecule has 162 valence electrons. The number of aromatic amines is 1. The van der Waals surface area contributed by atoms with Crippen LogP contribution in [0, 0.1) is 13.8 Å². The van der Waals surface area contributed by atoms with Gasteiger partial charge in [-0.2, -0.15) is 0 Å².